The van der Waals surface area contributed by atoms with Crippen LogP contribution in [0.5, 0.6) is 0 Å². The molecule has 1 aromatic rings. The lowest BCUT2D eigenvalue weighted by atomic mass is 9.99. The van der Waals surface area contributed by atoms with E-state index in [1.807, 2.05) is 6.07 Å². The number of hydrogen-bond acceptors (Lipinski definition) is 1. The van der Waals surface area contributed by atoms with E-state index < -0.39 is 0 Å². The van der Waals surface area contributed by atoms with Gasteiger partial charge in [-0.25, -0.2) is 0 Å². The molecule has 0 amide bonds. The molecule has 0 N–H and O–H groups in total. The molecule has 1 heteroatoms. The number of furan rings is 1. The third-order valence-electron chi connectivity index (χ3n) is 3.67. The van der Waals surface area contributed by atoms with Crippen LogP contribution in [0.15, 0.2) is 40.0 Å². The summed E-state index contributed by atoms with van der Waals surface area (Å²) in [5.74, 6) is 1.08. The van der Waals surface area contributed by atoms with E-state index in [9.17, 15) is 0 Å². The third-order valence-corrected chi connectivity index (χ3v) is 3.67. The zero-order valence-corrected chi connectivity index (χ0v) is 11.7. The second kappa shape index (κ2) is 6.63. The van der Waals surface area contributed by atoms with Crippen molar-refractivity contribution in [1.29, 1.82) is 0 Å². The lowest BCUT2D eigenvalue weighted by Gasteiger charge is -2.07. The average molecular weight is 244 g/mol. The van der Waals surface area contributed by atoms with Crippen LogP contribution in [-0.4, -0.2) is 0 Å². The molecule has 0 unspecified atom stereocenters. The molecule has 98 valence electrons. The van der Waals surface area contributed by atoms with E-state index in [1.54, 1.807) is 17.4 Å². The Labute approximate surface area is 111 Å². The molecule has 1 aliphatic rings. The van der Waals surface area contributed by atoms with E-state index >= 15 is 0 Å². The van der Waals surface area contributed by atoms with Gasteiger partial charge >= 0.3 is 0 Å². The van der Waals surface area contributed by atoms with Crippen LogP contribution in [0.2, 0.25) is 0 Å². The van der Waals surface area contributed by atoms with Crippen LogP contribution in [0.4, 0.5) is 0 Å². The Hall–Kier alpha value is -1.24. The van der Waals surface area contributed by atoms with Gasteiger partial charge in [0.2, 0.25) is 0 Å². The molecule has 1 aromatic heterocycles. The first-order valence-corrected chi connectivity index (χ1v) is 7.32. The van der Waals surface area contributed by atoms with Crippen LogP contribution in [0.25, 0.3) is 5.57 Å². The Bertz CT molecular complexity index is 420. The highest BCUT2D eigenvalue weighted by Gasteiger charge is 2.21. The molecule has 0 aliphatic heterocycles. The summed E-state index contributed by atoms with van der Waals surface area (Å²) in [4.78, 5) is 0. The van der Waals surface area contributed by atoms with Gasteiger partial charge in [-0.2, -0.15) is 0 Å². The SMILES string of the molecule is CCC/C=C1\CCC(c2ccco2)=C1CCCC. The first-order valence-electron chi connectivity index (χ1n) is 7.32. The molecule has 0 radical (unpaired) electrons. The van der Waals surface area contributed by atoms with E-state index in [2.05, 4.69) is 26.0 Å². The maximum atomic E-state index is 5.60. The molecule has 0 saturated carbocycles. The maximum Gasteiger partial charge on any atom is 0.130 e. The summed E-state index contributed by atoms with van der Waals surface area (Å²) in [5, 5.41) is 0. The molecule has 0 bridgehead atoms. The van der Waals surface area contributed by atoms with Gasteiger partial charge in [0.05, 0.1) is 6.26 Å². The summed E-state index contributed by atoms with van der Waals surface area (Å²) in [7, 11) is 0. The van der Waals surface area contributed by atoms with Gasteiger partial charge in [-0.05, 0) is 61.0 Å². The van der Waals surface area contributed by atoms with Crippen LogP contribution in [-0.2, 0) is 0 Å². The molecule has 1 heterocycles. The second-order valence-corrected chi connectivity index (χ2v) is 5.06. The van der Waals surface area contributed by atoms with Crippen molar-refractivity contribution in [2.24, 2.45) is 0 Å². The van der Waals surface area contributed by atoms with Crippen molar-refractivity contribution in [3.05, 3.63) is 41.4 Å². The molecule has 0 aromatic carbocycles. The van der Waals surface area contributed by atoms with E-state index in [4.69, 9.17) is 4.42 Å². The number of rotatable bonds is 6. The zero-order valence-electron chi connectivity index (χ0n) is 11.7. The average Bonchev–Trinajstić information content (AvgIpc) is 3.02. The van der Waals surface area contributed by atoms with Crippen molar-refractivity contribution in [3.8, 4) is 0 Å². The van der Waals surface area contributed by atoms with Crippen molar-refractivity contribution in [1.82, 2.24) is 0 Å². The molecule has 1 nitrogen and oxygen atoms in total. The van der Waals surface area contributed by atoms with Crippen LogP contribution in [0.1, 0.15) is 64.6 Å². The fourth-order valence-electron chi connectivity index (χ4n) is 2.69. The first kappa shape index (κ1) is 13.2. The molecule has 0 saturated heterocycles. The van der Waals surface area contributed by atoms with E-state index in [0.717, 1.165) is 12.2 Å². The van der Waals surface area contributed by atoms with E-state index in [-0.39, 0.29) is 0 Å². The summed E-state index contributed by atoms with van der Waals surface area (Å²) < 4.78 is 5.60. The minimum absolute atomic E-state index is 1.08. The molecule has 0 spiro atoms. The molecular weight excluding hydrogens is 220 g/mol. The third kappa shape index (κ3) is 2.95. The first-order chi connectivity index (χ1) is 8.86. The predicted molar refractivity (Wildman–Crippen MR) is 77.4 cm³/mol. The highest BCUT2D eigenvalue weighted by atomic mass is 16.3. The van der Waals surface area contributed by atoms with Gasteiger partial charge in [0, 0.05) is 0 Å². The highest BCUT2D eigenvalue weighted by Crippen LogP contribution is 2.40. The quantitative estimate of drug-likeness (QED) is 0.621. The van der Waals surface area contributed by atoms with Crippen molar-refractivity contribution in [2.75, 3.05) is 0 Å². The highest BCUT2D eigenvalue weighted by molar-refractivity contribution is 5.73. The standard InChI is InChI=1S/C17H24O/c1-3-5-8-14-11-12-16(15(14)9-6-4-2)17-10-7-13-18-17/h7-8,10,13H,3-6,9,11-12H2,1-2H3/b14-8+. The lowest BCUT2D eigenvalue weighted by Crippen LogP contribution is -1.87. The molecule has 0 fully saturated rings. The smallest absolute Gasteiger partial charge is 0.130 e. The Kier molecular flexibility index (Phi) is 4.86. The van der Waals surface area contributed by atoms with Gasteiger partial charge in [-0.3, -0.25) is 0 Å². The second-order valence-electron chi connectivity index (χ2n) is 5.06. The summed E-state index contributed by atoms with van der Waals surface area (Å²) >= 11 is 0. The van der Waals surface area contributed by atoms with E-state index in [0.29, 0.717) is 0 Å². The summed E-state index contributed by atoms with van der Waals surface area (Å²) in [6.07, 6.45) is 12.8. The van der Waals surface area contributed by atoms with Gasteiger partial charge in [0.15, 0.2) is 0 Å². The Morgan fingerprint density at radius 3 is 2.78 bits per heavy atom. The van der Waals surface area contributed by atoms with E-state index in [1.165, 1.54) is 44.1 Å². The largest absolute Gasteiger partial charge is 0.465 e. The van der Waals surface area contributed by atoms with Gasteiger partial charge in [-0.15, -0.1) is 0 Å². The van der Waals surface area contributed by atoms with Crippen LogP contribution in [0, 0.1) is 0 Å². The minimum atomic E-state index is 1.08. The maximum absolute atomic E-state index is 5.60. The molecule has 18 heavy (non-hydrogen) atoms. The summed E-state index contributed by atoms with van der Waals surface area (Å²) in [5.41, 5.74) is 4.60. The summed E-state index contributed by atoms with van der Waals surface area (Å²) in [6.45, 7) is 4.51. The van der Waals surface area contributed by atoms with Gasteiger partial charge in [0.1, 0.15) is 5.76 Å². The van der Waals surface area contributed by atoms with Crippen LogP contribution in [0.3, 0.4) is 0 Å². The summed E-state index contributed by atoms with van der Waals surface area (Å²) in [6, 6.07) is 4.09. The number of allylic oxidation sites excluding steroid dienone is 4. The number of hydrogen-bond donors (Lipinski definition) is 0. The van der Waals surface area contributed by atoms with Gasteiger partial charge in [0.25, 0.3) is 0 Å². The minimum Gasteiger partial charge on any atom is -0.465 e. The topological polar surface area (TPSA) is 13.1 Å². The predicted octanol–water partition coefficient (Wildman–Crippen LogP) is 5.74. The monoisotopic (exact) mass is 244 g/mol. The van der Waals surface area contributed by atoms with Crippen molar-refractivity contribution < 1.29 is 4.42 Å². The normalized spacial score (nSPS) is 18.0. The fourth-order valence-corrected chi connectivity index (χ4v) is 2.69. The molecule has 2 rings (SSSR count). The molecule has 1 aliphatic carbocycles. The Balaban J connectivity index is 2.25. The fraction of sp³-hybridized carbons (Fsp3) is 0.529. The van der Waals surface area contributed by atoms with Crippen LogP contribution < -0.4 is 0 Å². The Morgan fingerprint density at radius 1 is 1.22 bits per heavy atom. The van der Waals surface area contributed by atoms with Crippen molar-refractivity contribution in [2.45, 2.75) is 58.8 Å². The molecule has 0 atom stereocenters. The van der Waals surface area contributed by atoms with Gasteiger partial charge in [-0.1, -0.05) is 32.8 Å². The lowest BCUT2D eigenvalue weighted by molar-refractivity contribution is 0.550. The van der Waals surface area contributed by atoms with Crippen molar-refractivity contribution in [3.63, 3.8) is 0 Å². The van der Waals surface area contributed by atoms with Gasteiger partial charge < -0.3 is 4.42 Å². The molecular formula is C17H24O. The van der Waals surface area contributed by atoms with Crippen LogP contribution >= 0.6 is 0 Å². The van der Waals surface area contributed by atoms with Crippen molar-refractivity contribution >= 4 is 5.57 Å². The zero-order chi connectivity index (χ0) is 12.8. The number of unbranched alkanes of at least 4 members (excludes halogenated alkanes) is 2. The Morgan fingerprint density at radius 2 is 2.11 bits per heavy atom.